The number of phenolic OH excluding ortho intramolecular Hbond substituents is 1. The number of nitrogens with zero attached hydrogens (tertiary/aromatic N) is 2. The minimum Gasteiger partial charge on any atom is -0.508 e. The largest absolute Gasteiger partial charge is 0.508 e. The van der Waals surface area contributed by atoms with Crippen LogP contribution >= 0.6 is 11.6 Å². The van der Waals surface area contributed by atoms with E-state index in [0.717, 1.165) is 13.0 Å². The summed E-state index contributed by atoms with van der Waals surface area (Å²) in [6, 6.07) is 2.70. The van der Waals surface area contributed by atoms with Gasteiger partial charge in [0.2, 0.25) is 5.91 Å². The molecule has 0 unspecified atom stereocenters. The first-order chi connectivity index (χ1) is 15.5. The molecule has 3 aliphatic rings. The minimum absolute atomic E-state index is 0.0419. The number of β-lactam (4-membered cyclic amide) rings is 1. The first-order valence-corrected chi connectivity index (χ1v) is 11.6. The van der Waals surface area contributed by atoms with Crippen LogP contribution in [0.5, 0.6) is 5.75 Å². The van der Waals surface area contributed by atoms with Crippen molar-refractivity contribution in [1.29, 1.82) is 0 Å². The molecule has 9 heteroatoms. The van der Waals surface area contributed by atoms with Gasteiger partial charge in [0.15, 0.2) is 5.78 Å². The van der Waals surface area contributed by atoms with Crippen molar-refractivity contribution in [2.24, 2.45) is 17.8 Å². The Kier molecular flexibility index (Phi) is 6.28. The highest BCUT2D eigenvalue weighted by molar-refractivity contribution is 6.34. The summed E-state index contributed by atoms with van der Waals surface area (Å²) in [5.74, 6) is -2.11. The predicted molar refractivity (Wildman–Crippen MR) is 121 cm³/mol. The molecular formula is C24H29ClN2O6. The molecule has 178 valence electrons. The van der Waals surface area contributed by atoms with Crippen LogP contribution < -0.4 is 0 Å². The van der Waals surface area contributed by atoms with Gasteiger partial charge in [0.05, 0.1) is 23.1 Å². The number of rotatable bonds is 7. The molecule has 3 aliphatic heterocycles. The number of carbonyl (C=O) groups is 3. The molecule has 5 atom stereocenters. The van der Waals surface area contributed by atoms with E-state index in [2.05, 4.69) is 4.90 Å². The van der Waals surface area contributed by atoms with E-state index in [1.807, 2.05) is 6.92 Å². The maximum atomic E-state index is 12.8. The van der Waals surface area contributed by atoms with Gasteiger partial charge in [-0.2, -0.15) is 0 Å². The minimum atomic E-state index is -1.12. The van der Waals surface area contributed by atoms with E-state index >= 15 is 0 Å². The van der Waals surface area contributed by atoms with Crippen LogP contribution in [0.3, 0.4) is 0 Å². The second-order valence-corrected chi connectivity index (χ2v) is 9.90. The zero-order valence-corrected chi connectivity index (χ0v) is 19.7. The van der Waals surface area contributed by atoms with E-state index in [9.17, 15) is 29.7 Å². The van der Waals surface area contributed by atoms with Crippen molar-refractivity contribution in [1.82, 2.24) is 9.80 Å². The van der Waals surface area contributed by atoms with Crippen LogP contribution in [0.25, 0.3) is 0 Å². The van der Waals surface area contributed by atoms with Gasteiger partial charge >= 0.3 is 5.97 Å². The number of aromatic hydroxyl groups is 1. The van der Waals surface area contributed by atoms with Gasteiger partial charge in [0, 0.05) is 36.6 Å². The van der Waals surface area contributed by atoms with Crippen LogP contribution in [-0.4, -0.2) is 74.6 Å². The Hall–Kier alpha value is -2.42. The molecule has 1 aromatic carbocycles. The van der Waals surface area contributed by atoms with Gasteiger partial charge in [-0.1, -0.05) is 18.5 Å². The molecule has 2 saturated heterocycles. The molecular weight excluding hydrogens is 448 g/mol. The summed E-state index contributed by atoms with van der Waals surface area (Å²) in [6.45, 7) is 6.92. The fraction of sp³-hybridized carbons (Fsp3) is 0.542. The molecule has 1 amide bonds. The molecule has 3 N–H and O–H groups in total. The van der Waals surface area contributed by atoms with E-state index in [-0.39, 0.29) is 46.0 Å². The Morgan fingerprint density at radius 1 is 1.30 bits per heavy atom. The third kappa shape index (κ3) is 3.94. The number of carboxylic acids is 1. The number of Topliss-reactive ketones (excluding diaryl/α,β-unsaturated/α-hetero) is 1. The maximum Gasteiger partial charge on any atom is 0.352 e. The molecule has 4 rings (SSSR count). The number of carboxylic acid groups (broad SMARTS) is 1. The third-order valence-electron chi connectivity index (χ3n) is 7.41. The normalized spacial score (nSPS) is 28.2. The van der Waals surface area contributed by atoms with Gasteiger partial charge in [0.25, 0.3) is 0 Å². The molecule has 2 fully saturated rings. The molecule has 33 heavy (non-hydrogen) atoms. The molecule has 3 heterocycles. The number of phenols is 1. The standard InChI is InChI=1S/C24H29ClN2O6/c1-11-16(22(24(32)33)27-21(11)19(13(3)28)23(27)31)10-26-7-6-14(9-26)8-18(30)15-4-5-17(29)12(2)20(15)25/h4-5,11,13-14,19,21,28-29H,6-10H2,1-3H3,(H,32,33)/t11-,13+,14+,19+,21+/m0/s1. The van der Waals surface area contributed by atoms with Crippen LogP contribution in [0.15, 0.2) is 23.4 Å². The van der Waals surface area contributed by atoms with Crippen molar-refractivity contribution in [3.8, 4) is 5.75 Å². The van der Waals surface area contributed by atoms with E-state index < -0.39 is 18.0 Å². The summed E-state index contributed by atoms with van der Waals surface area (Å²) in [4.78, 5) is 40.8. The molecule has 0 aromatic heterocycles. The summed E-state index contributed by atoms with van der Waals surface area (Å²) in [5.41, 5.74) is 1.62. The first kappa shape index (κ1) is 23.7. The molecule has 0 aliphatic carbocycles. The van der Waals surface area contributed by atoms with Gasteiger partial charge in [0.1, 0.15) is 11.4 Å². The van der Waals surface area contributed by atoms with E-state index in [1.54, 1.807) is 19.9 Å². The third-order valence-corrected chi connectivity index (χ3v) is 7.90. The summed E-state index contributed by atoms with van der Waals surface area (Å²) < 4.78 is 0. The predicted octanol–water partition coefficient (Wildman–Crippen LogP) is 2.44. The number of hydrogen-bond donors (Lipinski definition) is 3. The van der Waals surface area contributed by atoms with Crippen LogP contribution in [0.2, 0.25) is 5.02 Å². The van der Waals surface area contributed by atoms with Gasteiger partial charge in [-0.25, -0.2) is 4.79 Å². The lowest BCUT2D eigenvalue weighted by Crippen LogP contribution is -2.63. The SMILES string of the molecule is Cc1c(O)ccc(C(=O)C[C@H]2CCN(CC3=C(C(=O)O)N4C(=O)[C@H]([C@@H](C)O)[C@H]4[C@H]3C)C2)c1Cl. The highest BCUT2D eigenvalue weighted by atomic mass is 35.5. The lowest BCUT2D eigenvalue weighted by molar-refractivity contribution is -0.163. The highest BCUT2D eigenvalue weighted by Crippen LogP contribution is 2.47. The quantitative estimate of drug-likeness (QED) is 0.408. The number of ketones is 1. The van der Waals surface area contributed by atoms with Gasteiger partial charge in [-0.05, 0) is 50.4 Å². The lowest BCUT2D eigenvalue weighted by Gasteiger charge is -2.46. The van der Waals surface area contributed by atoms with Crippen LogP contribution in [0.1, 0.15) is 42.6 Å². The van der Waals surface area contributed by atoms with Crippen molar-refractivity contribution in [3.63, 3.8) is 0 Å². The van der Waals surface area contributed by atoms with Crippen molar-refractivity contribution < 1.29 is 29.7 Å². The Balaban J connectivity index is 1.44. The Morgan fingerprint density at radius 2 is 2.00 bits per heavy atom. The summed E-state index contributed by atoms with van der Waals surface area (Å²) >= 11 is 6.26. The smallest absolute Gasteiger partial charge is 0.352 e. The van der Waals surface area contributed by atoms with Crippen LogP contribution in [0, 0.1) is 24.7 Å². The average Bonchev–Trinajstić information content (AvgIpc) is 3.27. The van der Waals surface area contributed by atoms with Gasteiger partial charge in [-0.15, -0.1) is 0 Å². The lowest BCUT2D eigenvalue weighted by atomic mass is 9.77. The number of aliphatic carboxylic acids is 1. The number of hydrogen-bond acceptors (Lipinski definition) is 6. The molecule has 0 bridgehead atoms. The number of fused-ring (bicyclic) bond motifs is 1. The van der Waals surface area contributed by atoms with E-state index in [1.165, 1.54) is 11.0 Å². The Morgan fingerprint density at radius 3 is 2.64 bits per heavy atom. The summed E-state index contributed by atoms with van der Waals surface area (Å²) in [7, 11) is 0. The van der Waals surface area contributed by atoms with Crippen molar-refractivity contribution in [2.75, 3.05) is 19.6 Å². The van der Waals surface area contributed by atoms with Crippen LogP contribution in [-0.2, 0) is 9.59 Å². The number of aliphatic hydroxyl groups excluding tert-OH is 1. The monoisotopic (exact) mass is 476 g/mol. The summed E-state index contributed by atoms with van der Waals surface area (Å²) in [5, 5.41) is 29.8. The van der Waals surface area contributed by atoms with Crippen LogP contribution in [0.4, 0.5) is 0 Å². The fourth-order valence-electron chi connectivity index (χ4n) is 5.58. The second-order valence-electron chi connectivity index (χ2n) is 9.52. The van der Waals surface area contributed by atoms with Gasteiger partial charge < -0.3 is 20.2 Å². The number of benzene rings is 1. The Bertz CT molecular complexity index is 1050. The second kappa shape index (κ2) is 8.74. The maximum absolute atomic E-state index is 12.8. The number of halogens is 1. The number of aliphatic hydroxyl groups is 1. The number of likely N-dealkylation sites (tertiary alicyclic amines) is 1. The molecule has 8 nitrogen and oxygen atoms in total. The molecule has 0 spiro atoms. The fourth-order valence-corrected chi connectivity index (χ4v) is 5.84. The van der Waals surface area contributed by atoms with E-state index in [0.29, 0.717) is 36.2 Å². The molecule has 1 aromatic rings. The van der Waals surface area contributed by atoms with Crippen molar-refractivity contribution in [3.05, 3.63) is 39.6 Å². The first-order valence-electron chi connectivity index (χ1n) is 11.2. The zero-order valence-electron chi connectivity index (χ0n) is 18.9. The zero-order chi connectivity index (χ0) is 24.2. The van der Waals surface area contributed by atoms with E-state index in [4.69, 9.17) is 11.6 Å². The topological polar surface area (TPSA) is 118 Å². The average molecular weight is 477 g/mol. The molecule has 0 radical (unpaired) electrons. The van der Waals surface area contributed by atoms with Gasteiger partial charge in [-0.3, -0.25) is 14.5 Å². The summed E-state index contributed by atoms with van der Waals surface area (Å²) in [6.07, 6.45) is 0.290. The van der Waals surface area contributed by atoms with Crippen molar-refractivity contribution in [2.45, 2.75) is 45.8 Å². The van der Waals surface area contributed by atoms with Crippen molar-refractivity contribution >= 4 is 29.3 Å². The number of carbonyl (C=O) groups excluding carboxylic acids is 2. The number of amides is 1. The highest BCUT2D eigenvalue weighted by Gasteiger charge is 2.59. The Labute approximate surface area is 197 Å². The molecule has 0 saturated carbocycles.